The van der Waals surface area contributed by atoms with Crippen molar-refractivity contribution in [1.82, 2.24) is 5.32 Å². The van der Waals surface area contributed by atoms with Gasteiger partial charge in [-0.1, -0.05) is 36.4 Å². The number of amides is 1. The van der Waals surface area contributed by atoms with Gasteiger partial charge in [-0.15, -0.1) is 0 Å². The van der Waals surface area contributed by atoms with Gasteiger partial charge < -0.3 is 9.73 Å². The van der Waals surface area contributed by atoms with Crippen LogP contribution in [0.15, 0.2) is 63.8 Å². The Labute approximate surface area is 140 Å². The molecule has 4 heteroatoms. The summed E-state index contributed by atoms with van der Waals surface area (Å²) < 4.78 is 5.07. The van der Waals surface area contributed by atoms with Gasteiger partial charge in [-0.25, -0.2) is 4.79 Å². The van der Waals surface area contributed by atoms with Crippen LogP contribution in [0.4, 0.5) is 0 Å². The Morgan fingerprint density at radius 2 is 1.62 bits per heavy atom. The number of nitrogens with one attached hydrogen (secondary N) is 1. The van der Waals surface area contributed by atoms with E-state index in [4.69, 9.17) is 4.42 Å². The van der Waals surface area contributed by atoms with Gasteiger partial charge in [0.1, 0.15) is 0 Å². The average Bonchev–Trinajstić information content (AvgIpc) is 2.52. The lowest BCUT2D eigenvalue weighted by atomic mass is 10.0. The molecule has 122 valence electrons. The maximum absolute atomic E-state index is 12.3. The Morgan fingerprint density at radius 3 is 2.33 bits per heavy atom. The molecule has 0 radical (unpaired) electrons. The second-order valence-electron chi connectivity index (χ2n) is 6.80. The third-order valence-electron chi connectivity index (χ3n) is 3.57. The number of benzene rings is 2. The monoisotopic (exact) mass is 321 g/mol. The molecule has 0 fully saturated rings. The summed E-state index contributed by atoms with van der Waals surface area (Å²) in [4.78, 5) is 24.1. The van der Waals surface area contributed by atoms with E-state index in [9.17, 15) is 9.59 Å². The van der Waals surface area contributed by atoms with Crippen molar-refractivity contribution in [2.24, 2.45) is 0 Å². The van der Waals surface area contributed by atoms with E-state index >= 15 is 0 Å². The molecule has 0 saturated heterocycles. The largest absolute Gasteiger partial charge is 0.417 e. The van der Waals surface area contributed by atoms with Crippen LogP contribution in [0.25, 0.3) is 21.9 Å². The summed E-state index contributed by atoms with van der Waals surface area (Å²) in [5.41, 5.74) is 0.580. The molecular formula is C20H19NO3. The van der Waals surface area contributed by atoms with Crippen LogP contribution >= 0.6 is 0 Å². The van der Waals surface area contributed by atoms with Gasteiger partial charge >= 0.3 is 5.63 Å². The predicted octanol–water partition coefficient (Wildman–Crippen LogP) is 3.99. The Hall–Kier alpha value is -2.88. The molecule has 1 heterocycles. The average molecular weight is 321 g/mol. The fourth-order valence-electron chi connectivity index (χ4n) is 2.53. The van der Waals surface area contributed by atoms with E-state index in [0.29, 0.717) is 5.56 Å². The molecule has 1 N–H and O–H groups in total. The summed E-state index contributed by atoms with van der Waals surface area (Å²) in [6.07, 6.45) is 0. The molecule has 1 aromatic heterocycles. The molecule has 24 heavy (non-hydrogen) atoms. The number of carbonyl (C=O) groups excluding carboxylic acids is 1. The Kier molecular flexibility index (Phi) is 3.97. The van der Waals surface area contributed by atoms with Crippen molar-refractivity contribution < 1.29 is 9.21 Å². The molecule has 1 amide bonds. The van der Waals surface area contributed by atoms with E-state index in [-0.39, 0.29) is 5.76 Å². The number of carbonyl (C=O) groups is 1. The second-order valence-corrected chi connectivity index (χ2v) is 6.80. The molecule has 0 aliphatic rings. The van der Waals surface area contributed by atoms with Gasteiger partial charge in [0.25, 0.3) is 5.91 Å². The van der Waals surface area contributed by atoms with Gasteiger partial charge in [-0.2, -0.15) is 0 Å². The first kappa shape index (κ1) is 16.0. The summed E-state index contributed by atoms with van der Waals surface area (Å²) in [6, 6.07) is 16.9. The topological polar surface area (TPSA) is 59.3 Å². The zero-order valence-corrected chi connectivity index (χ0v) is 13.9. The van der Waals surface area contributed by atoms with Gasteiger partial charge in [0, 0.05) is 11.6 Å². The van der Waals surface area contributed by atoms with Crippen molar-refractivity contribution in [3.05, 3.63) is 70.8 Å². The zero-order valence-electron chi connectivity index (χ0n) is 13.9. The SMILES string of the molecule is CC(C)(C)NC(=O)c1cc(-c2ccc3ccccc3c2)cc(=O)o1. The second kappa shape index (κ2) is 5.96. The van der Waals surface area contributed by atoms with Crippen LogP contribution in [-0.2, 0) is 0 Å². The van der Waals surface area contributed by atoms with Gasteiger partial charge in [0.15, 0.2) is 5.76 Å². The molecular weight excluding hydrogens is 302 g/mol. The molecule has 3 aromatic rings. The van der Waals surface area contributed by atoms with Crippen molar-refractivity contribution in [2.45, 2.75) is 26.3 Å². The van der Waals surface area contributed by atoms with E-state index in [0.717, 1.165) is 16.3 Å². The van der Waals surface area contributed by atoms with E-state index in [1.807, 2.05) is 63.2 Å². The standard InChI is InChI=1S/C20H19NO3/c1-20(2,3)21-19(23)17-11-16(12-18(22)24-17)15-9-8-13-6-4-5-7-14(13)10-15/h4-12H,1-3H3,(H,21,23). The number of rotatable bonds is 2. The smallest absolute Gasteiger partial charge is 0.336 e. The number of fused-ring (bicyclic) bond motifs is 1. The van der Waals surface area contributed by atoms with E-state index in [1.165, 1.54) is 6.07 Å². The molecule has 3 rings (SSSR count). The highest BCUT2D eigenvalue weighted by Gasteiger charge is 2.18. The van der Waals surface area contributed by atoms with Gasteiger partial charge in [-0.3, -0.25) is 4.79 Å². The minimum Gasteiger partial charge on any atom is -0.417 e. The highest BCUT2D eigenvalue weighted by atomic mass is 16.4. The molecule has 0 saturated carbocycles. The van der Waals surface area contributed by atoms with Crippen LogP contribution in [0.3, 0.4) is 0 Å². The van der Waals surface area contributed by atoms with Crippen LogP contribution in [0.2, 0.25) is 0 Å². The summed E-state index contributed by atoms with van der Waals surface area (Å²) >= 11 is 0. The molecule has 0 aliphatic heterocycles. The van der Waals surface area contributed by atoms with Gasteiger partial charge in [0.2, 0.25) is 0 Å². The van der Waals surface area contributed by atoms with E-state index in [1.54, 1.807) is 6.07 Å². The minimum atomic E-state index is -0.542. The lowest BCUT2D eigenvalue weighted by Gasteiger charge is -2.19. The Balaban J connectivity index is 2.04. The van der Waals surface area contributed by atoms with Crippen LogP contribution < -0.4 is 10.9 Å². The molecule has 0 spiro atoms. The first-order valence-electron chi connectivity index (χ1n) is 7.79. The van der Waals surface area contributed by atoms with E-state index in [2.05, 4.69) is 5.32 Å². The highest BCUT2D eigenvalue weighted by Crippen LogP contribution is 2.24. The van der Waals surface area contributed by atoms with Gasteiger partial charge in [-0.05, 0) is 54.8 Å². The zero-order chi connectivity index (χ0) is 17.3. The maximum Gasteiger partial charge on any atom is 0.336 e. The Bertz CT molecular complexity index is 964. The van der Waals surface area contributed by atoms with Crippen LogP contribution in [0.5, 0.6) is 0 Å². The number of hydrogen-bond donors (Lipinski definition) is 1. The molecule has 0 aliphatic carbocycles. The predicted molar refractivity (Wildman–Crippen MR) is 95.1 cm³/mol. The summed E-state index contributed by atoms with van der Waals surface area (Å²) in [6.45, 7) is 5.61. The number of hydrogen-bond acceptors (Lipinski definition) is 3. The van der Waals surface area contributed by atoms with Crippen molar-refractivity contribution in [1.29, 1.82) is 0 Å². The molecule has 2 aromatic carbocycles. The summed E-state index contributed by atoms with van der Waals surface area (Å²) in [7, 11) is 0. The molecule has 0 atom stereocenters. The fourth-order valence-corrected chi connectivity index (χ4v) is 2.53. The Morgan fingerprint density at radius 1 is 0.917 bits per heavy atom. The van der Waals surface area contributed by atoms with Crippen molar-refractivity contribution >= 4 is 16.7 Å². The molecule has 4 nitrogen and oxygen atoms in total. The van der Waals surface area contributed by atoms with Crippen LogP contribution in [0, 0.1) is 0 Å². The maximum atomic E-state index is 12.3. The first-order valence-corrected chi connectivity index (χ1v) is 7.79. The minimum absolute atomic E-state index is 0.0144. The van der Waals surface area contributed by atoms with Crippen molar-refractivity contribution in [3.8, 4) is 11.1 Å². The summed E-state index contributed by atoms with van der Waals surface area (Å²) in [5, 5.41) is 4.99. The van der Waals surface area contributed by atoms with Gasteiger partial charge in [0.05, 0.1) is 0 Å². The lowest BCUT2D eigenvalue weighted by molar-refractivity contribution is 0.0886. The fraction of sp³-hybridized carbons (Fsp3) is 0.200. The van der Waals surface area contributed by atoms with Crippen molar-refractivity contribution in [2.75, 3.05) is 0 Å². The van der Waals surface area contributed by atoms with E-state index < -0.39 is 17.1 Å². The highest BCUT2D eigenvalue weighted by molar-refractivity contribution is 5.93. The van der Waals surface area contributed by atoms with Crippen LogP contribution in [-0.4, -0.2) is 11.4 Å². The third kappa shape index (κ3) is 3.54. The summed E-state index contributed by atoms with van der Waals surface area (Å²) in [5.74, 6) is -0.386. The van der Waals surface area contributed by atoms with Crippen molar-refractivity contribution in [3.63, 3.8) is 0 Å². The first-order chi connectivity index (χ1) is 11.3. The van der Waals surface area contributed by atoms with Crippen LogP contribution in [0.1, 0.15) is 31.3 Å². The third-order valence-corrected chi connectivity index (χ3v) is 3.57. The normalized spacial score (nSPS) is 11.5. The molecule has 0 bridgehead atoms. The molecule has 0 unspecified atom stereocenters. The lowest BCUT2D eigenvalue weighted by Crippen LogP contribution is -2.40. The quantitative estimate of drug-likeness (QED) is 0.776.